The first-order chi connectivity index (χ1) is 8.83. The van der Waals surface area contributed by atoms with Crippen LogP contribution >= 0.6 is 0 Å². The summed E-state index contributed by atoms with van der Waals surface area (Å²) < 4.78 is 25.5. The van der Waals surface area contributed by atoms with Crippen LogP contribution in [0.15, 0.2) is 6.20 Å². The highest BCUT2D eigenvalue weighted by atomic mass is 32.2. The molecule has 1 unspecified atom stereocenters. The second kappa shape index (κ2) is 5.13. The third-order valence-electron chi connectivity index (χ3n) is 2.70. The van der Waals surface area contributed by atoms with Gasteiger partial charge in [0.2, 0.25) is 15.9 Å². The van der Waals surface area contributed by atoms with Crippen LogP contribution in [0.3, 0.4) is 0 Å². The molecule has 0 bridgehead atoms. The number of likely N-dealkylation sites (tertiary alicyclic amines) is 1. The molecule has 1 aromatic rings. The van der Waals surface area contributed by atoms with E-state index >= 15 is 0 Å². The quantitative estimate of drug-likeness (QED) is 0.674. The Morgan fingerprint density at radius 2 is 2.37 bits per heavy atom. The zero-order valence-corrected chi connectivity index (χ0v) is 11.3. The molecule has 1 aliphatic heterocycles. The van der Waals surface area contributed by atoms with Gasteiger partial charge in [0.05, 0.1) is 12.5 Å². The summed E-state index contributed by atoms with van der Waals surface area (Å²) in [5.41, 5.74) is 5.72. The van der Waals surface area contributed by atoms with E-state index in [-0.39, 0.29) is 24.3 Å². The van der Waals surface area contributed by atoms with E-state index in [1.165, 1.54) is 10.9 Å². The number of hydrogen-bond acceptors (Lipinski definition) is 6. The highest BCUT2D eigenvalue weighted by Crippen LogP contribution is 2.08. The topological polar surface area (TPSA) is 123 Å². The van der Waals surface area contributed by atoms with Gasteiger partial charge in [-0.25, -0.2) is 13.1 Å². The molecule has 1 aromatic heterocycles. The zero-order valence-electron chi connectivity index (χ0n) is 10.5. The lowest BCUT2D eigenvalue weighted by molar-refractivity contribution is -0.131. The van der Waals surface area contributed by atoms with Crippen molar-refractivity contribution in [2.24, 2.45) is 5.73 Å². The molecule has 0 aromatic carbocycles. The predicted octanol–water partition coefficient (Wildman–Crippen LogP) is -1.79. The second-order valence-electron chi connectivity index (χ2n) is 4.56. The van der Waals surface area contributed by atoms with Crippen molar-refractivity contribution in [3.8, 4) is 0 Å². The Morgan fingerprint density at radius 3 is 2.95 bits per heavy atom. The average Bonchev–Trinajstić information content (AvgIpc) is 2.85. The van der Waals surface area contributed by atoms with Gasteiger partial charge in [0, 0.05) is 19.1 Å². The fourth-order valence-electron chi connectivity index (χ4n) is 1.86. The van der Waals surface area contributed by atoms with Gasteiger partial charge in [0.25, 0.3) is 0 Å². The number of nitrogens with two attached hydrogens (primary N) is 1. The molecule has 1 amide bonds. The molecule has 106 valence electrons. The lowest BCUT2D eigenvalue weighted by Gasteiger charge is -2.15. The Balaban J connectivity index is 1.94. The summed E-state index contributed by atoms with van der Waals surface area (Å²) in [6.07, 6.45) is 3.18. The van der Waals surface area contributed by atoms with E-state index in [9.17, 15) is 13.2 Å². The van der Waals surface area contributed by atoms with Crippen LogP contribution in [-0.2, 0) is 21.4 Å². The molecule has 0 aliphatic carbocycles. The lowest BCUT2D eigenvalue weighted by Crippen LogP contribution is -2.34. The van der Waals surface area contributed by atoms with E-state index in [1.54, 1.807) is 4.90 Å². The van der Waals surface area contributed by atoms with Crippen molar-refractivity contribution in [2.45, 2.75) is 19.0 Å². The first kappa shape index (κ1) is 13.7. The van der Waals surface area contributed by atoms with Crippen LogP contribution in [0.4, 0.5) is 5.82 Å². The second-order valence-corrected chi connectivity index (χ2v) is 6.31. The largest absolute Gasteiger partial charge is 0.339 e. The summed E-state index contributed by atoms with van der Waals surface area (Å²) in [5, 5.41) is 7.32. The zero-order chi connectivity index (χ0) is 14.0. The number of anilines is 1. The van der Waals surface area contributed by atoms with Crippen molar-refractivity contribution in [3.63, 3.8) is 0 Å². The van der Waals surface area contributed by atoms with Crippen molar-refractivity contribution >= 4 is 21.7 Å². The van der Waals surface area contributed by atoms with Crippen LogP contribution in [0.25, 0.3) is 0 Å². The Morgan fingerprint density at radius 1 is 1.63 bits per heavy atom. The first-order valence-electron chi connectivity index (χ1n) is 5.75. The fraction of sp³-hybridized carbons (Fsp3) is 0.667. The van der Waals surface area contributed by atoms with Gasteiger partial charge in [-0.15, -0.1) is 5.10 Å². The van der Waals surface area contributed by atoms with E-state index in [1.807, 2.05) is 0 Å². The maximum atomic E-state index is 11.9. The molecule has 9 nitrogen and oxygen atoms in total. The molecule has 0 spiro atoms. The monoisotopic (exact) mass is 288 g/mol. The maximum Gasteiger partial charge on any atom is 0.244 e. The molecular formula is C9H16N6O3S. The number of aromatic nitrogens is 3. The van der Waals surface area contributed by atoms with Crippen LogP contribution in [-0.4, -0.2) is 59.6 Å². The van der Waals surface area contributed by atoms with E-state index in [4.69, 9.17) is 5.73 Å². The standard InChI is InChI=1S/C9H16N6O3S/c1-19(17,18)12-8-5-15(13-11-8)6-9(16)14-3-2-7(10)4-14/h5,7,12H,2-4,6,10H2,1H3. The lowest BCUT2D eigenvalue weighted by atomic mass is 10.3. The molecule has 1 saturated heterocycles. The normalized spacial score (nSPS) is 19.7. The smallest absolute Gasteiger partial charge is 0.244 e. The summed E-state index contributed by atoms with van der Waals surface area (Å²) in [5.74, 6) is -0.0165. The van der Waals surface area contributed by atoms with Gasteiger partial charge in [0.15, 0.2) is 5.82 Å². The summed E-state index contributed by atoms with van der Waals surface area (Å²) in [6.45, 7) is 1.20. The number of nitrogens with one attached hydrogen (secondary N) is 1. The first-order valence-corrected chi connectivity index (χ1v) is 7.64. The SMILES string of the molecule is CS(=O)(=O)Nc1cn(CC(=O)N2CCC(N)C2)nn1. The summed E-state index contributed by atoms with van der Waals surface area (Å²) in [6, 6.07) is 0.0298. The number of nitrogens with zero attached hydrogens (tertiary/aromatic N) is 4. The highest BCUT2D eigenvalue weighted by Gasteiger charge is 2.23. The van der Waals surface area contributed by atoms with Crippen molar-refractivity contribution in [1.29, 1.82) is 0 Å². The molecule has 1 aliphatic rings. The predicted molar refractivity (Wildman–Crippen MR) is 67.7 cm³/mol. The Kier molecular flexibility index (Phi) is 3.71. The van der Waals surface area contributed by atoms with E-state index in [2.05, 4.69) is 15.0 Å². The van der Waals surface area contributed by atoms with E-state index in [0.717, 1.165) is 12.7 Å². The Hall–Kier alpha value is -1.68. The van der Waals surface area contributed by atoms with Crippen LogP contribution in [0, 0.1) is 0 Å². The van der Waals surface area contributed by atoms with Gasteiger partial charge >= 0.3 is 0 Å². The third kappa shape index (κ3) is 3.89. The average molecular weight is 288 g/mol. The Bertz CT molecular complexity index is 568. The van der Waals surface area contributed by atoms with Crippen LogP contribution in [0.5, 0.6) is 0 Å². The van der Waals surface area contributed by atoms with Gasteiger partial charge in [-0.3, -0.25) is 9.52 Å². The fourth-order valence-corrected chi connectivity index (χ4v) is 2.34. The number of rotatable bonds is 4. The molecule has 0 saturated carbocycles. The number of sulfonamides is 1. The number of hydrogen-bond donors (Lipinski definition) is 2. The molecule has 1 fully saturated rings. The number of carbonyl (C=O) groups excluding carboxylic acids is 1. The van der Waals surface area contributed by atoms with Crippen molar-refractivity contribution in [1.82, 2.24) is 19.9 Å². The van der Waals surface area contributed by atoms with Gasteiger partial charge in [-0.2, -0.15) is 0 Å². The summed E-state index contributed by atoms with van der Waals surface area (Å²) in [4.78, 5) is 13.6. The minimum Gasteiger partial charge on any atom is -0.339 e. The molecule has 1 atom stereocenters. The summed E-state index contributed by atoms with van der Waals surface area (Å²) in [7, 11) is -3.39. The van der Waals surface area contributed by atoms with Crippen molar-refractivity contribution in [3.05, 3.63) is 6.20 Å². The van der Waals surface area contributed by atoms with Gasteiger partial charge in [-0.05, 0) is 6.42 Å². The molecule has 2 rings (SSSR count). The van der Waals surface area contributed by atoms with Gasteiger partial charge < -0.3 is 10.6 Å². The third-order valence-corrected chi connectivity index (χ3v) is 3.28. The molecule has 19 heavy (non-hydrogen) atoms. The molecular weight excluding hydrogens is 272 g/mol. The maximum absolute atomic E-state index is 11.9. The van der Waals surface area contributed by atoms with E-state index < -0.39 is 10.0 Å². The minimum absolute atomic E-state index is 0.0190. The van der Waals surface area contributed by atoms with Crippen LogP contribution < -0.4 is 10.5 Å². The molecule has 10 heteroatoms. The molecule has 0 radical (unpaired) electrons. The highest BCUT2D eigenvalue weighted by molar-refractivity contribution is 7.92. The van der Waals surface area contributed by atoms with Crippen LogP contribution in [0.2, 0.25) is 0 Å². The van der Waals surface area contributed by atoms with Gasteiger partial charge in [-0.1, -0.05) is 5.21 Å². The van der Waals surface area contributed by atoms with Crippen LogP contribution in [0.1, 0.15) is 6.42 Å². The summed E-state index contributed by atoms with van der Waals surface area (Å²) >= 11 is 0. The number of amides is 1. The van der Waals surface area contributed by atoms with E-state index in [0.29, 0.717) is 13.1 Å². The Labute approximate surface area is 110 Å². The number of carbonyl (C=O) groups is 1. The van der Waals surface area contributed by atoms with Crippen molar-refractivity contribution < 1.29 is 13.2 Å². The molecule has 3 N–H and O–H groups in total. The van der Waals surface area contributed by atoms with Gasteiger partial charge in [0.1, 0.15) is 6.54 Å². The van der Waals surface area contributed by atoms with Crippen molar-refractivity contribution in [2.75, 3.05) is 24.1 Å². The minimum atomic E-state index is -3.39. The molecule has 2 heterocycles.